The number of anilines is 2. The van der Waals surface area contributed by atoms with Gasteiger partial charge in [-0.3, -0.25) is 9.13 Å². The molecule has 9 nitrogen and oxygen atoms in total. The zero-order valence-electron chi connectivity index (χ0n) is 10.6. The van der Waals surface area contributed by atoms with E-state index in [1.54, 1.807) is 0 Å². The van der Waals surface area contributed by atoms with Crippen LogP contribution in [0, 0.1) is 0 Å². The quantitative estimate of drug-likeness (QED) is 0.420. The molecule has 0 radical (unpaired) electrons. The molecular weight excluding hydrogens is 295 g/mol. The van der Waals surface area contributed by atoms with Gasteiger partial charge in [-0.05, 0) is 0 Å². The van der Waals surface area contributed by atoms with E-state index >= 15 is 0 Å². The topological polar surface area (TPSA) is 137 Å². The Morgan fingerprint density at radius 3 is 2.48 bits per heavy atom. The average Bonchev–Trinajstić information content (AvgIpc) is 2.62. The van der Waals surface area contributed by atoms with Crippen molar-refractivity contribution in [2.75, 3.05) is 17.8 Å². The van der Waals surface area contributed by atoms with Gasteiger partial charge in [-0.2, -0.15) is 23.1 Å². The van der Waals surface area contributed by atoms with Gasteiger partial charge in [-0.25, -0.2) is 10.6 Å². The van der Waals surface area contributed by atoms with Gasteiger partial charge in [0.05, 0.1) is 13.2 Å². The van der Waals surface area contributed by atoms with Gasteiger partial charge in [0.15, 0.2) is 11.5 Å². The number of aliphatic hydroxyl groups excluding tert-OH is 1. The highest BCUT2D eigenvalue weighted by Crippen LogP contribution is 2.24. The smallest absolute Gasteiger partial charge is 0.395 e. The molecule has 0 unspecified atom stereocenters. The number of hydrazine groups is 1. The van der Waals surface area contributed by atoms with Crippen molar-refractivity contribution in [3.8, 4) is 0 Å². The first-order chi connectivity index (χ1) is 9.78. The molecule has 0 saturated heterocycles. The largest absolute Gasteiger partial charge is 0.406 e. The summed E-state index contributed by atoms with van der Waals surface area (Å²) in [6.45, 7) is -2.23. The van der Waals surface area contributed by atoms with Crippen LogP contribution in [-0.2, 0) is 13.1 Å². The number of rotatable bonds is 4. The van der Waals surface area contributed by atoms with E-state index in [1.165, 1.54) is 0 Å². The molecule has 0 spiro atoms. The van der Waals surface area contributed by atoms with Crippen molar-refractivity contribution < 1.29 is 18.3 Å². The Morgan fingerprint density at radius 2 is 1.95 bits per heavy atom. The Bertz CT molecular complexity index is 721. The lowest BCUT2D eigenvalue weighted by Gasteiger charge is -2.09. The number of alkyl halides is 3. The molecule has 21 heavy (non-hydrogen) atoms. The maximum Gasteiger partial charge on any atom is 0.406 e. The van der Waals surface area contributed by atoms with Crippen LogP contribution < -0.4 is 22.7 Å². The Hall–Kier alpha value is -2.34. The van der Waals surface area contributed by atoms with E-state index in [0.29, 0.717) is 4.57 Å². The number of hydrogen-bond acceptors (Lipinski definition) is 7. The molecule has 2 rings (SSSR count). The Morgan fingerprint density at radius 1 is 1.29 bits per heavy atom. The molecule has 0 atom stereocenters. The lowest BCUT2D eigenvalue weighted by Crippen LogP contribution is -2.30. The number of nitrogen functional groups attached to an aromatic ring is 2. The summed E-state index contributed by atoms with van der Waals surface area (Å²) >= 11 is 0. The summed E-state index contributed by atoms with van der Waals surface area (Å²) < 4.78 is 39.2. The van der Waals surface area contributed by atoms with Crippen molar-refractivity contribution >= 4 is 22.9 Å². The van der Waals surface area contributed by atoms with Crippen LogP contribution in [0.5, 0.6) is 0 Å². The number of nitrogens with one attached hydrogen (secondary N) is 1. The van der Waals surface area contributed by atoms with Gasteiger partial charge in [-0.1, -0.05) is 0 Å². The number of aliphatic hydroxyl groups is 1. The van der Waals surface area contributed by atoms with E-state index in [1.807, 2.05) is 0 Å². The first-order valence-corrected chi connectivity index (χ1v) is 5.69. The summed E-state index contributed by atoms with van der Waals surface area (Å²) in [5, 5.41) is 8.94. The van der Waals surface area contributed by atoms with E-state index in [0.717, 1.165) is 4.57 Å². The lowest BCUT2D eigenvalue weighted by molar-refractivity contribution is -0.140. The standard InChI is InChI=1S/C9H12F3N7O2/c10-9(11,12)3-19-4-5(17-14)15-7(13)16-6(4)18(1-2-20)8(19)21/h20H,1-3,14H2,(H3,13,15,16,17). The highest BCUT2D eigenvalue weighted by molar-refractivity contribution is 5.84. The summed E-state index contributed by atoms with van der Waals surface area (Å²) in [6.07, 6.45) is -4.63. The normalized spacial score (nSPS) is 12.0. The highest BCUT2D eigenvalue weighted by Gasteiger charge is 2.32. The predicted octanol–water partition coefficient (Wildman–Crippen LogP) is -0.985. The van der Waals surface area contributed by atoms with Crippen LogP contribution in [0.2, 0.25) is 0 Å². The minimum atomic E-state index is -4.63. The zero-order valence-corrected chi connectivity index (χ0v) is 10.6. The Balaban J connectivity index is 2.83. The van der Waals surface area contributed by atoms with E-state index < -0.39 is 25.0 Å². The van der Waals surface area contributed by atoms with Gasteiger partial charge < -0.3 is 16.3 Å². The minimum Gasteiger partial charge on any atom is -0.395 e. The number of fused-ring (bicyclic) bond motifs is 1. The predicted molar refractivity (Wildman–Crippen MR) is 67.2 cm³/mol. The van der Waals surface area contributed by atoms with Crippen molar-refractivity contribution in [1.29, 1.82) is 0 Å². The summed E-state index contributed by atoms with van der Waals surface area (Å²) in [5.41, 5.74) is 6.14. The Labute approximate surface area is 115 Å². The molecule has 0 amide bonds. The van der Waals surface area contributed by atoms with Crippen molar-refractivity contribution in [3.63, 3.8) is 0 Å². The molecule has 0 fully saturated rings. The third-order valence-corrected chi connectivity index (χ3v) is 2.67. The third kappa shape index (κ3) is 2.75. The van der Waals surface area contributed by atoms with Crippen molar-refractivity contribution in [2.24, 2.45) is 5.84 Å². The minimum absolute atomic E-state index is 0.140. The van der Waals surface area contributed by atoms with Gasteiger partial charge in [-0.15, -0.1) is 0 Å². The molecule has 0 aliphatic rings. The SMILES string of the molecule is NNc1nc(N)nc2c1n(CC(F)(F)F)c(=O)n2CCO. The fourth-order valence-corrected chi connectivity index (χ4v) is 1.96. The summed E-state index contributed by atoms with van der Waals surface area (Å²) in [7, 11) is 0. The maximum absolute atomic E-state index is 12.6. The van der Waals surface area contributed by atoms with Crippen molar-refractivity contribution in [3.05, 3.63) is 10.5 Å². The molecule has 0 aliphatic heterocycles. The van der Waals surface area contributed by atoms with Crippen molar-refractivity contribution in [2.45, 2.75) is 19.3 Å². The maximum atomic E-state index is 12.6. The molecule has 2 aromatic rings. The second-order valence-electron chi connectivity index (χ2n) is 4.11. The molecule has 2 heterocycles. The van der Waals surface area contributed by atoms with Crippen LogP contribution in [0.3, 0.4) is 0 Å². The molecule has 116 valence electrons. The molecule has 0 bridgehead atoms. The molecule has 0 saturated carbocycles. The third-order valence-electron chi connectivity index (χ3n) is 2.67. The van der Waals surface area contributed by atoms with Gasteiger partial charge in [0.1, 0.15) is 12.1 Å². The molecule has 6 N–H and O–H groups in total. The number of halogens is 3. The van der Waals surface area contributed by atoms with E-state index in [4.69, 9.17) is 16.7 Å². The van der Waals surface area contributed by atoms with Crippen LogP contribution in [0.4, 0.5) is 24.9 Å². The van der Waals surface area contributed by atoms with Crippen LogP contribution in [0.25, 0.3) is 11.2 Å². The van der Waals surface area contributed by atoms with Gasteiger partial charge in [0.25, 0.3) is 0 Å². The van der Waals surface area contributed by atoms with Crippen molar-refractivity contribution in [1.82, 2.24) is 19.1 Å². The second-order valence-corrected chi connectivity index (χ2v) is 4.11. The molecule has 12 heteroatoms. The van der Waals surface area contributed by atoms with Crippen LogP contribution in [-0.4, -0.2) is 37.0 Å². The number of nitrogens with two attached hydrogens (primary N) is 2. The summed E-state index contributed by atoms with van der Waals surface area (Å²) in [5.74, 6) is 4.72. The molecule has 0 aliphatic carbocycles. The van der Waals surface area contributed by atoms with E-state index in [2.05, 4.69) is 15.4 Å². The molecule has 2 aromatic heterocycles. The Kier molecular flexibility index (Phi) is 3.74. The number of aromatic nitrogens is 4. The van der Waals surface area contributed by atoms with Gasteiger partial charge in [0.2, 0.25) is 5.95 Å². The lowest BCUT2D eigenvalue weighted by atomic mass is 10.4. The molecule has 0 aromatic carbocycles. The van der Waals surface area contributed by atoms with Gasteiger partial charge in [0, 0.05) is 0 Å². The highest BCUT2D eigenvalue weighted by atomic mass is 19.4. The fraction of sp³-hybridized carbons (Fsp3) is 0.444. The number of imidazole rings is 1. The molecular formula is C9H12F3N7O2. The summed E-state index contributed by atoms with van der Waals surface area (Å²) in [6, 6.07) is 0. The second kappa shape index (κ2) is 5.21. The number of hydrogen-bond donors (Lipinski definition) is 4. The van der Waals surface area contributed by atoms with E-state index in [9.17, 15) is 18.0 Å². The van der Waals surface area contributed by atoms with Crippen LogP contribution in [0.1, 0.15) is 0 Å². The fourth-order valence-electron chi connectivity index (χ4n) is 1.96. The van der Waals surface area contributed by atoms with Crippen LogP contribution in [0.15, 0.2) is 4.79 Å². The first-order valence-electron chi connectivity index (χ1n) is 5.69. The number of nitrogens with zero attached hydrogens (tertiary/aromatic N) is 4. The van der Waals surface area contributed by atoms with Crippen LogP contribution >= 0.6 is 0 Å². The zero-order chi connectivity index (χ0) is 15.8. The van der Waals surface area contributed by atoms with Gasteiger partial charge >= 0.3 is 11.9 Å². The van der Waals surface area contributed by atoms with E-state index in [-0.39, 0.29) is 29.5 Å². The summed E-state index contributed by atoms with van der Waals surface area (Å²) in [4.78, 5) is 19.5. The monoisotopic (exact) mass is 307 g/mol. The first kappa shape index (κ1) is 15.1. The average molecular weight is 307 g/mol.